The Kier molecular flexibility index (Phi) is 7.22. The van der Waals surface area contributed by atoms with Crippen molar-refractivity contribution in [1.29, 1.82) is 0 Å². The molecule has 0 spiro atoms. The lowest BCUT2D eigenvalue weighted by Crippen LogP contribution is -2.31. The van der Waals surface area contributed by atoms with E-state index < -0.39 is 5.76 Å². The highest BCUT2D eigenvalue weighted by atomic mass is 16.6. The Hall–Kier alpha value is -4.80. The Morgan fingerprint density at radius 1 is 1.10 bits per heavy atom. The number of oxime groups is 1. The van der Waals surface area contributed by atoms with Gasteiger partial charge in [-0.05, 0) is 37.0 Å². The molecule has 200 valence electrons. The zero-order valence-corrected chi connectivity index (χ0v) is 22.3. The van der Waals surface area contributed by atoms with Crippen LogP contribution in [0.2, 0.25) is 0 Å². The van der Waals surface area contributed by atoms with E-state index in [2.05, 4.69) is 32.3 Å². The second kappa shape index (κ2) is 10.9. The van der Waals surface area contributed by atoms with Gasteiger partial charge in [0.1, 0.15) is 12.9 Å². The molecule has 0 bridgehead atoms. The maximum Gasteiger partial charge on any atom is 0.439 e. The number of aryl methyl sites for hydroxylation is 2. The highest BCUT2D eigenvalue weighted by Gasteiger charge is 2.20. The number of nitrogens with one attached hydrogen (secondary N) is 1. The molecule has 0 saturated heterocycles. The molecular formula is C28H29N7O4. The zero-order valence-electron chi connectivity index (χ0n) is 22.3. The van der Waals surface area contributed by atoms with Crippen molar-refractivity contribution in [2.45, 2.75) is 46.6 Å². The van der Waals surface area contributed by atoms with E-state index in [9.17, 15) is 9.59 Å². The third-order valence-electron chi connectivity index (χ3n) is 6.43. The van der Waals surface area contributed by atoms with Gasteiger partial charge in [0.15, 0.2) is 5.82 Å². The molecule has 5 aromatic rings. The topological polar surface area (TPSA) is 133 Å². The van der Waals surface area contributed by atoms with Crippen molar-refractivity contribution in [3.8, 4) is 22.5 Å². The molecule has 0 fully saturated rings. The monoisotopic (exact) mass is 527 g/mol. The van der Waals surface area contributed by atoms with Crippen LogP contribution in [0.4, 0.5) is 0 Å². The molecule has 0 saturated carbocycles. The van der Waals surface area contributed by atoms with Crippen LogP contribution in [-0.4, -0.2) is 42.1 Å². The summed E-state index contributed by atoms with van der Waals surface area (Å²) in [4.78, 5) is 37.4. The van der Waals surface area contributed by atoms with Crippen molar-refractivity contribution < 1.29 is 9.36 Å². The van der Waals surface area contributed by atoms with E-state index in [0.717, 1.165) is 34.4 Å². The molecule has 0 aliphatic heterocycles. The SMILES string of the molecule is CCCc1c(Cc2ccc(-c3ccccc3-c3noc(=O)[nH]3)cc2)c(=O)n(C/C(C)=N/OC)c2nc(C)nn12. The smallest absolute Gasteiger partial charge is 0.399 e. The average Bonchev–Trinajstić information content (AvgIpc) is 3.54. The number of benzene rings is 2. The summed E-state index contributed by atoms with van der Waals surface area (Å²) in [5.74, 6) is 0.851. The maximum atomic E-state index is 13.9. The maximum absolute atomic E-state index is 13.9. The predicted octanol–water partition coefficient (Wildman–Crippen LogP) is 3.78. The van der Waals surface area contributed by atoms with Crippen molar-refractivity contribution in [2.75, 3.05) is 7.11 Å². The minimum atomic E-state index is -0.605. The summed E-state index contributed by atoms with van der Waals surface area (Å²) in [6.07, 6.45) is 1.98. The van der Waals surface area contributed by atoms with Crippen molar-refractivity contribution in [3.05, 3.63) is 92.1 Å². The molecule has 5 rings (SSSR count). The molecule has 3 heterocycles. The molecule has 1 N–H and O–H groups in total. The van der Waals surface area contributed by atoms with Crippen LogP contribution >= 0.6 is 0 Å². The van der Waals surface area contributed by atoms with Gasteiger partial charge < -0.3 is 4.84 Å². The summed E-state index contributed by atoms with van der Waals surface area (Å²) in [5.41, 5.74) is 5.64. The van der Waals surface area contributed by atoms with Gasteiger partial charge in [-0.2, -0.15) is 10.1 Å². The van der Waals surface area contributed by atoms with Gasteiger partial charge >= 0.3 is 5.76 Å². The fraction of sp³-hybridized carbons (Fsp3) is 0.286. The van der Waals surface area contributed by atoms with Crippen LogP contribution in [0.15, 0.2) is 67.8 Å². The minimum Gasteiger partial charge on any atom is -0.399 e. The number of aromatic nitrogens is 6. The molecule has 3 aromatic heterocycles. The van der Waals surface area contributed by atoms with Gasteiger partial charge in [-0.15, -0.1) is 0 Å². The Balaban J connectivity index is 1.56. The van der Waals surface area contributed by atoms with Gasteiger partial charge in [-0.3, -0.25) is 18.9 Å². The van der Waals surface area contributed by atoms with Crippen LogP contribution in [0.3, 0.4) is 0 Å². The van der Waals surface area contributed by atoms with E-state index in [1.165, 1.54) is 7.11 Å². The first-order valence-electron chi connectivity index (χ1n) is 12.7. The van der Waals surface area contributed by atoms with Crippen LogP contribution < -0.4 is 11.3 Å². The number of hydrogen-bond acceptors (Lipinski definition) is 8. The molecular weight excluding hydrogens is 498 g/mol. The van der Waals surface area contributed by atoms with Gasteiger partial charge in [-0.25, -0.2) is 9.31 Å². The minimum absolute atomic E-state index is 0.117. The largest absolute Gasteiger partial charge is 0.439 e. The second-order valence-electron chi connectivity index (χ2n) is 9.31. The standard InChI is InChI=1S/C28H29N7O4/c1-5-8-24-23(26(36)34(16-17(2)32-38-4)27-29-18(3)31-35(24)27)15-19-11-13-20(14-12-19)21-9-6-7-10-22(21)25-30-28(37)39-33-25/h6-7,9-14H,5,8,15-16H2,1-4H3,(H,30,33,37)/b32-17+. The van der Waals surface area contributed by atoms with Crippen LogP contribution in [0.5, 0.6) is 0 Å². The molecule has 0 radical (unpaired) electrons. The fourth-order valence-electron chi connectivity index (χ4n) is 4.79. The van der Waals surface area contributed by atoms with Gasteiger partial charge in [0, 0.05) is 17.5 Å². The van der Waals surface area contributed by atoms with Crippen LogP contribution in [0.1, 0.15) is 42.9 Å². The first-order valence-corrected chi connectivity index (χ1v) is 12.7. The molecule has 0 atom stereocenters. The molecule has 2 aromatic carbocycles. The fourth-order valence-corrected chi connectivity index (χ4v) is 4.79. The van der Waals surface area contributed by atoms with E-state index >= 15 is 0 Å². The zero-order chi connectivity index (χ0) is 27.5. The first kappa shape index (κ1) is 25.8. The summed E-state index contributed by atoms with van der Waals surface area (Å²) in [5, 5.41) is 12.4. The number of aromatic amines is 1. The van der Waals surface area contributed by atoms with E-state index in [4.69, 9.17) is 9.36 Å². The van der Waals surface area contributed by atoms with E-state index in [1.54, 1.807) is 16.0 Å². The van der Waals surface area contributed by atoms with Crippen molar-refractivity contribution in [1.82, 2.24) is 29.3 Å². The van der Waals surface area contributed by atoms with Crippen molar-refractivity contribution in [2.24, 2.45) is 5.16 Å². The van der Waals surface area contributed by atoms with E-state index in [-0.39, 0.29) is 12.1 Å². The summed E-state index contributed by atoms with van der Waals surface area (Å²) < 4.78 is 8.10. The normalized spacial score (nSPS) is 11.8. The quantitative estimate of drug-likeness (QED) is 0.228. The molecule has 0 aliphatic carbocycles. The summed E-state index contributed by atoms with van der Waals surface area (Å²) in [7, 11) is 1.48. The van der Waals surface area contributed by atoms with Crippen molar-refractivity contribution >= 4 is 11.5 Å². The molecule has 0 amide bonds. The van der Waals surface area contributed by atoms with E-state index in [0.29, 0.717) is 41.5 Å². The predicted molar refractivity (Wildman–Crippen MR) is 147 cm³/mol. The third-order valence-corrected chi connectivity index (χ3v) is 6.43. The van der Waals surface area contributed by atoms with Gasteiger partial charge in [0.2, 0.25) is 5.78 Å². The Bertz CT molecular complexity index is 1770. The lowest BCUT2D eigenvalue weighted by atomic mass is 9.96. The lowest BCUT2D eigenvalue weighted by molar-refractivity contribution is 0.212. The Labute approximate surface area is 223 Å². The second-order valence-corrected chi connectivity index (χ2v) is 9.31. The van der Waals surface area contributed by atoms with Crippen molar-refractivity contribution in [3.63, 3.8) is 0 Å². The first-order chi connectivity index (χ1) is 18.9. The van der Waals surface area contributed by atoms with Crippen LogP contribution in [0.25, 0.3) is 28.3 Å². The molecule has 0 aliphatic rings. The summed E-state index contributed by atoms with van der Waals surface area (Å²) in [6, 6.07) is 15.6. The summed E-state index contributed by atoms with van der Waals surface area (Å²) in [6.45, 7) is 5.95. The van der Waals surface area contributed by atoms with Gasteiger partial charge in [-0.1, -0.05) is 72.2 Å². The number of hydrogen-bond donors (Lipinski definition) is 1. The van der Waals surface area contributed by atoms with E-state index in [1.807, 2.05) is 55.5 Å². The Morgan fingerprint density at radius 2 is 1.85 bits per heavy atom. The summed E-state index contributed by atoms with van der Waals surface area (Å²) >= 11 is 0. The third kappa shape index (κ3) is 5.15. The molecule has 11 heteroatoms. The van der Waals surface area contributed by atoms with Gasteiger partial charge in [0.05, 0.1) is 18.0 Å². The van der Waals surface area contributed by atoms with Crippen LogP contribution in [0, 0.1) is 6.92 Å². The number of fused-ring (bicyclic) bond motifs is 1. The molecule has 11 nitrogen and oxygen atoms in total. The molecule has 39 heavy (non-hydrogen) atoms. The number of nitrogens with zero attached hydrogens (tertiary/aromatic N) is 6. The number of rotatable bonds is 9. The average molecular weight is 528 g/mol. The highest BCUT2D eigenvalue weighted by Crippen LogP contribution is 2.30. The van der Waals surface area contributed by atoms with Gasteiger partial charge in [0.25, 0.3) is 5.56 Å². The van der Waals surface area contributed by atoms with Crippen LogP contribution in [-0.2, 0) is 24.2 Å². The molecule has 0 unspecified atom stereocenters. The number of H-pyrrole nitrogens is 1. The highest BCUT2D eigenvalue weighted by molar-refractivity contribution is 5.81. The lowest BCUT2D eigenvalue weighted by Gasteiger charge is -2.15. The Morgan fingerprint density at radius 3 is 2.51 bits per heavy atom.